The first-order chi connectivity index (χ1) is 9.22. The number of hydrogen-bond donors (Lipinski definition) is 1. The lowest BCUT2D eigenvalue weighted by atomic mass is 10.1. The van der Waals surface area contributed by atoms with E-state index in [1.807, 2.05) is 0 Å². The summed E-state index contributed by atoms with van der Waals surface area (Å²) in [5, 5.41) is 10.9. The maximum Gasteiger partial charge on any atom is 0.230 e. The molecule has 0 unspecified atom stereocenters. The summed E-state index contributed by atoms with van der Waals surface area (Å²) in [6.45, 7) is 0. The Kier molecular flexibility index (Phi) is 2.97. The molecule has 3 rings (SSSR count). The Hall–Kier alpha value is -2.27. The molecule has 19 heavy (non-hydrogen) atoms. The van der Waals surface area contributed by atoms with Crippen molar-refractivity contribution in [3.63, 3.8) is 0 Å². The lowest BCUT2D eigenvalue weighted by Gasteiger charge is -2.03. The number of nitrogens with zero attached hydrogens (tertiary/aromatic N) is 3. The Bertz CT molecular complexity index is 670. The van der Waals surface area contributed by atoms with Gasteiger partial charge in [0.05, 0.1) is 35.9 Å². The zero-order valence-corrected chi connectivity index (χ0v) is 10.6. The Balaban J connectivity index is 2.11. The van der Waals surface area contributed by atoms with Crippen molar-refractivity contribution in [2.24, 2.45) is 4.99 Å². The molecule has 0 spiro atoms. The second-order valence-corrected chi connectivity index (χ2v) is 4.51. The third kappa shape index (κ3) is 2.46. The third-order valence-corrected chi connectivity index (χ3v) is 2.97. The van der Waals surface area contributed by atoms with Gasteiger partial charge in [0.1, 0.15) is 0 Å². The lowest BCUT2D eigenvalue weighted by Crippen LogP contribution is -2.15. The van der Waals surface area contributed by atoms with Crippen molar-refractivity contribution in [3.8, 4) is 0 Å². The van der Waals surface area contributed by atoms with E-state index in [2.05, 4.69) is 20.5 Å². The smallest absolute Gasteiger partial charge is 0.230 e. The van der Waals surface area contributed by atoms with E-state index in [-0.39, 0.29) is 12.3 Å². The van der Waals surface area contributed by atoms with E-state index in [1.165, 1.54) is 0 Å². The van der Waals surface area contributed by atoms with E-state index in [0.717, 1.165) is 5.56 Å². The number of carbonyl (C=O) groups is 1. The summed E-state index contributed by atoms with van der Waals surface area (Å²) in [5.74, 6) is -0.128. The molecule has 1 aromatic carbocycles. The molecule has 1 N–H and O–H groups in total. The molecule has 0 fully saturated rings. The van der Waals surface area contributed by atoms with Crippen LogP contribution in [0.3, 0.4) is 0 Å². The second kappa shape index (κ2) is 4.78. The van der Waals surface area contributed by atoms with Crippen LogP contribution in [0.1, 0.15) is 12.0 Å². The van der Waals surface area contributed by atoms with Gasteiger partial charge >= 0.3 is 0 Å². The monoisotopic (exact) mass is 272 g/mol. The molecule has 6 heteroatoms. The van der Waals surface area contributed by atoms with Gasteiger partial charge in [-0.25, -0.2) is 0 Å². The Labute approximate surface area is 114 Å². The van der Waals surface area contributed by atoms with E-state index in [0.29, 0.717) is 22.1 Å². The molecular formula is C13H9ClN4O. The minimum Gasteiger partial charge on any atom is -0.324 e. The molecule has 1 amide bonds. The molecule has 2 heterocycles. The fourth-order valence-corrected chi connectivity index (χ4v) is 2.04. The number of aliphatic imine (C=N–C) groups is 1. The Morgan fingerprint density at radius 3 is 2.89 bits per heavy atom. The summed E-state index contributed by atoms with van der Waals surface area (Å²) in [6.07, 6.45) is 3.36. The van der Waals surface area contributed by atoms with E-state index in [9.17, 15) is 4.79 Å². The Morgan fingerprint density at radius 2 is 2.11 bits per heavy atom. The molecule has 5 nitrogen and oxygen atoms in total. The summed E-state index contributed by atoms with van der Waals surface area (Å²) >= 11 is 5.91. The van der Waals surface area contributed by atoms with Crippen LogP contribution in [0.25, 0.3) is 0 Å². The van der Waals surface area contributed by atoms with Gasteiger partial charge in [-0.3, -0.25) is 9.79 Å². The van der Waals surface area contributed by atoms with E-state index >= 15 is 0 Å². The van der Waals surface area contributed by atoms with Gasteiger partial charge in [0, 0.05) is 10.6 Å². The van der Waals surface area contributed by atoms with Gasteiger partial charge in [-0.1, -0.05) is 11.6 Å². The number of aromatic nitrogens is 2. The highest BCUT2D eigenvalue weighted by Gasteiger charge is 2.17. The van der Waals surface area contributed by atoms with E-state index in [4.69, 9.17) is 11.6 Å². The van der Waals surface area contributed by atoms with Crippen molar-refractivity contribution in [2.75, 3.05) is 5.32 Å². The van der Waals surface area contributed by atoms with Gasteiger partial charge in [0.15, 0.2) is 0 Å². The minimum absolute atomic E-state index is 0.128. The van der Waals surface area contributed by atoms with Crippen molar-refractivity contribution in [1.29, 1.82) is 0 Å². The van der Waals surface area contributed by atoms with Gasteiger partial charge in [-0.2, -0.15) is 10.2 Å². The predicted octanol–water partition coefficient (Wildman–Crippen LogP) is 2.59. The van der Waals surface area contributed by atoms with Crippen LogP contribution in [0.4, 0.5) is 11.4 Å². The molecule has 1 aliphatic rings. The van der Waals surface area contributed by atoms with Crippen LogP contribution in [0, 0.1) is 0 Å². The molecule has 94 valence electrons. The number of rotatable bonds is 1. The van der Waals surface area contributed by atoms with E-state index < -0.39 is 0 Å². The minimum atomic E-state index is -0.128. The summed E-state index contributed by atoms with van der Waals surface area (Å²) in [4.78, 5) is 16.4. The molecule has 1 aromatic heterocycles. The van der Waals surface area contributed by atoms with Crippen molar-refractivity contribution in [3.05, 3.63) is 47.2 Å². The molecule has 0 aliphatic carbocycles. The first-order valence-corrected chi connectivity index (χ1v) is 6.04. The highest BCUT2D eigenvalue weighted by atomic mass is 35.5. The van der Waals surface area contributed by atoms with Crippen molar-refractivity contribution in [2.45, 2.75) is 6.42 Å². The van der Waals surface area contributed by atoms with Crippen molar-refractivity contribution >= 4 is 34.6 Å². The normalized spacial score (nSPS) is 14.2. The largest absolute Gasteiger partial charge is 0.324 e. The fraction of sp³-hybridized carbons (Fsp3) is 0.0769. The van der Waals surface area contributed by atoms with Crippen LogP contribution in [0.15, 0.2) is 41.7 Å². The first-order valence-electron chi connectivity index (χ1n) is 5.66. The average Bonchev–Trinajstić information content (AvgIpc) is 2.57. The number of carbonyl (C=O) groups excluding carboxylic acids is 1. The molecule has 0 saturated carbocycles. The van der Waals surface area contributed by atoms with Gasteiger partial charge < -0.3 is 5.32 Å². The zero-order chi connectivity index (χ0) is 13.2. The fourth-order valence-electron chi connectivity index (χ4n) is 1.87. The zero-order valence-electron chi connectivity index (χ0n) is 9.80. The molecular weight excluding hydrogens is 264 g/mol. The maximum absolute atomic E-state index is 11.9. The highest BCUT2D eigenvalue weighted by molar-refractivity contribution is 6.31. The number of fused-ring (bicyclic) bond motifs is 1. The predicted molar refractivity (Wildman–Crippen MR) is 72.9 cm³/mol. The SMILES string of the molecule is O=C1CC(c2ccnnc2)=Nc2ccc(Cl)cc2N1. The summed E-state index contributed by atoms with van der Waals surface area (Å²) in [6, 6.07) is 6.98. The van der Waals surface area contributed by atoms with Gasteiger partial charge in [0.25, 0.3) is 0 Å². The van der Waals surface area contributed by atoms with Crippen LogP contribution < -0.4 is 5.32 Å². The van der Waals surface area contributed by atoms with Gasteiger partial charge in [-0.15, -0.1) is 0 Å². The topological polar surface area (TPSA) is 67.2 Å². The van der Waals surface area contributed by atoms with Crippen LogP contribution in [0.2, 0.25) is 5.02 Å². The number of benzene rings is 1. The van der Waals surface area contributed by atoms with Crippen LogP contribution in [-0.2, 0) is 4.79 Å². The average molecular weight is 273 g/mol. The molecule has 1 aliphatic heterocycles. The van der Waals surface area contributed by atoms with Crippen molar-refractivity contribution in [1.82, 2.24) is 10.2 Å². The number of nitrogens with one attached hydrogen (secondary N) is 1. The molecule has 0 saturated heterocycles. The summed E-state index contributed by atoms with van der Waals surface area (Å²) in [7, 11) is 0. The van der Waals surface area contributed by atoms with E-state index in [1.54, 1.807) is 36.7 Å². The first kappa shape index (κ1) is 11.8. The maximum atomic E-state index is 11.9. The van der Waals surface area contributed by atoms with Gasteiger partial charge in [0.2, 0.25) is 5.91 Å². The molecule has 0 atom stereocenters. The summed E-state index contributed by atoms with van der Waals surface area (Å²) in [5.41, 5.74) is 2.75. The molecule has 0 radical (unpaired) electrons. The van der Waals surface area contributed by atoms with Crippen molar-refractivity contribution < 1.29 is 4.79 Å². The van der Waals surface area contributed by atoms with Crippen LogP contribution >= 0.6 is 11.6 Å². The second-order valence-electron chi connectivity index (χ2n) is 4.08. The molecule has 0 bridgehead atoms. The van der Waals surface area contributed by atoms with Crippen LogP contribution in [0.5, 0.6) is 0 Å². The third-order valence-electron chi connectivity index (χ3n) is 2.73. The number of hydrogen-bond acceptors (Lipinski definition) is 4. The van der Waals surface area contributed by atoms with Gasteiger partial charge in [-0.05, 0) is 24.3 Å². The Morgan fingerprint density at radius 1 is 1.21 bits per heavy atom. The standard InChI is InChI=1S/C13H9ClN4O/c14-9-1-2-10-12(5-9)18-13(19)6-11(17-10)8-3-4-15-16-7-8/h1-5,7H,6H2,(H,18,19). The quantitative estimate of drug-likeness (QED) is 0.868. The molecule has 2 aromatic rings. The number of halogens is 1. The highest BCUT2D eigenvalue weighted by Crippen LogP contribution is 2.31. The lowest BCUT2D eigenvalue weighted by molar-refractivity contribution is -0.115. The number of anilines is 1. The number of amides is 1. The van der Waals surface area contributed by atoms with Crippen LogP contribution in [-0.4, -0.2) is 21.8 Å². The summed E-state index contributed by atoms with van der Waals surface area (Å²) < 4.78 is 0.